The van der Waals surface area contributed by atoms with E-state index in [1.165, 1.54) is 16.7 Å². The van der Waals surface area contributed by atoms with Crippen molar-refractivity contribution in [2.75, 3.05) is 5.32 Å². The van der Waals surface area contributed by atoms with Gasteiger partial charge in [0.05, 0.1) is 21.5 Å². The minimum atomic E-state index is -0.847. The Labute approximate surface area is 237 Å². The van der Waals surface area contributed by atoms with Crippen molar-refractivity contribution in [1.82, 2.24) is 19.2 Å². The topological polar surface area (TPSA) is 124 Å². The van der Waals surface area contributed by atoms with Gasteiger partial charge in [0, 0.05) is 6.07 Å². The van der Waals surface area contributed by atoms with Crippen molar-refractivity contribution < 1.29 is 9.72 Å². The first kappa shape index (κ1) is 26.0. The molecular weight excluding hydrogens is 540 g/mol. The summed E-state index contributed by atoms with van der Waals surface area (Å²) in [6.07, 6.45) is 0. The molecule has 0 fully saturated rings. The van der Waals surface area contributed by atoms with Gasteiger partial charge in [-0.25, -0.2) is 4.57 Å². The Hall–Kier alpha value is -5.29. The van der Waals surface area contributed by atoms with Crippen LogP contribution in [0.1, 0.15) is 16.4 Å². The molecule has 1 atom stereocenters. The van der Waals surface area contributed by atoms with Crippen molar-refractivity contribution in [1.29, 1.82) is 0 Å². The molecule has 2 aromatic heterocycles. The minimum absolute atomic E-state index is 0.0987. The number of benzene rings is 4. The number of nitro benzene ring substituents is 1. The van der Waals surface area contributed by atoms with Crippen LogP contribution >= 0.6 is 11.8 Å². The van der Waals surface area contributed by atoms with Crippen molar-refractivity contribution in [2.24, 2.45) is 0 Å². The van der Waals surface area contributed by atoms with Gasteiger partial charge < -0.3 is 5.32 Å². The van der Waals surface area contributed by atoms with Gasteiger partial charge >= 0.3 is 0 Å². The molecule has 0 saturated carbocycles. The average Bonchev–Trinajstić information content (AvgIpc) is 3.41. The van der Waals surface area contributed by atoms with Crippen LogP contribution in [0.3, 0.4) is 0 Å². The highest BCUT2D eigenvalue weighted by Gasteiger charge is 2.28. The zero-order chi connectivity index (χ0) is 28.5. The maximum Gasteiger partial charge on any atom is 0.293 e. The number of aryl methyl sites for hydroxylation is 1. The van der Waals surface area contributed by atoms with E-state index in [4.69, 9.17) is 0 Å². The largest absolute Gasteiger partial charge is 0.319 e. The molecule has 6 rings (SSSR count). The van der Waals surface area contributed by atoms with Crippen LogP contribution in [-0.4, -0.2) is 30.0 Å². The van der Waals surface area contributed by atoms with Crippen LogP contribution in [0.15, 0.2) is 113 Å². The zero-order valence-electron chi connectivity index (χ0n) is 21.7. The second-order valence-corrected chi connectivity index (χ2v) is 10.4. The third-order valence-electron chi connectivity index (χ3n) is 6.58. The Bertz CT molecular complexity index is 1990. The van der Waals surface area contributed by atoms with Gasteiger partial charge in [-0.3, -0.25) is 24.1 Å². The number of rotatable bonds is 7. The second-order valence-electron chi connectivity index (χ2n) is 9.29. The normalized spacial score (nSPS) is 11.9. The first-order valence-electron chi connectivity index (χ1n) is 12.6. The number of hydrogen-bond acceptors (Lipinski definition) is 7. The second kappa shape index (κ2) is 10.7. The summed E-state index contributed by atoms with van der Waals surface area (Å²) in [7, 11) is 0. The quantitative estimate of drug-likeness (QED) is 0.150. The predicted molar refractivity (Wildman–Crippen MR) is 158 cm³/mol. The van der Waals surface area contributed by atoms with E-state index in [1.54, 1.807) is 35.6 Å². The first-order chi connectivity index (χ1) is 19.9. The molecule has 0 bridgehead atoms. The molecule has 202 valence electrons. The van der Waals surface area contributed by atoms with E-state index in [0.717, 1.165) is 11.8 Å². The van der Waals surface area contributed by atoms with Crippen LogP contribution in [0.4, 0.5) is 11.4 Å². The van der Waals surface area contributed by atoms with Crippen molar-refractivity contribution >= 4 is 45.7 Å². The summed E-state index contributed by atoms with van der Waals surface area (Å²) in [5, 5.41) is 23.2. The van der Waals surface area contributed by atoms with Gasteiger partial charge in [-0.05, 0) is 48.4 Å². The molecule has 0 saturated heterocycles. The van der Waals surface area contributed by atoms with Crippen LogP contribution in [0.2, 0.25) is 0 Å². The molecule has 0 aliphatic heterocycles. The molecule has 4 aromatic carbocycles. The molecular formula is C30H22N6O4S. The van der Waals surface area contributed by atoms with Crippen LogP contribution in [0.5, 0.6) is 0 Å². The van der Waals surface area contributed by atoms with Gasteiger partial charge in [-0.15, -0.1) is 10.2 Å². The van der Waals surface area contributed by atoms with Crippen LogP contribution in [0, 0.1) is 17.0 Å². The Morgan fingerprint density at radius 1 is 0.927 bits per heavy atom. The Morgan fingerprint density at radius 2 is 1.61 bits per heavy atom. The molecule has 0 aliphatic rings. The summed E-state index contributed by atoms with van der Waals surface area (Å²) < 4.78 is 3.25. The minimum Gasteiger partial charge on any atom is -0.319 e. The van der Waals surface area contributed by atoms with Crippen LogP contribution in [0.25, 0.3) is 22.4 Å². The van der Waals surface area contributed by atoms with Gasteiger partial charge in [0.25, 0.3) is 11.2 Å². The number of carbonyl (C=O) groups is 1. The fourth-order valence-electron chi connectivity index (χ4n) is 4.67. The highest BCUT2D eigenvalue weighted by Crippen LogP contribution is 2.37. The van der Waals surface area contributed by atoms with E-state index in [2.05, 4.69) is 15.5 Å². The number of thioether (sulfide) groups is 1. The summed E-state index contributed by atoms with van der Waals surface area (Å²) in [5.41, 5.74) is 2.25. The number of nitrogens with zero attached hydrogens (tertiary/aromatic N) is 5. The number of hydrogen-bond donors (Lipinski definition) is 1. The molecule has 2 heterocycles. The number of para-hydroxylation sites is 2. The Balaban J connectivity index is 1.49. The third-order valence-corrected chi connectivity index (χ3v) is 7.78. The number of carbonyl (C=O) groups excluding carboxylic acids is 1. The smallest absolute Gasteiger partial charge is 0.293 e. The summed E-state index contributed by atoms with van der Waals surface area (Å²) in [6.45, 7) is 1.75. The molecule has 0 aliphatic carbocycles. The molecule has 41 heavy (non-hydrogen) atoms. The maximum atomic E-state index is 13.8. The van der Waals surface area contributed by atoms with Gasteiger partial charge in [-0.1, -0.05) is 78.5 Å². The number of anilines is 1. The molecule has 0 radical (unpaired) electrons. The predicted octanol–water partition coefficient (Wildman–Crippen LogP) is 5.72. The lowest BCUT2D eigenvalue weighted by Gasteiger charge is -2.17. The van der Waals surface area contributed by atoms with Crippen LogP contribution in [-0.2, 0) is 4.79 Å². The number of amides is 1. The summed E-state index contributed by atoms with van der Waals surface area (Å²) in [6, 6.07) is 30.0. The lowest BCUT2D eigenvalue weighted by atomic mass is 10.1. The molecule has 11 heteroatoms. The number of nitrogens with one attached hydrogen (secondary N) is 1. The molecule has 6 aromatic rings. The Kier molecular flexibility index (Phi) is 6.78. The van der Waals surface area contributed by atoms with Gasteiger partial charge in [-0.2, -0.15) is 0 Å². The average molecular weight is 563 g/mol. The molecule has 0 spiro atoms. The summed E-state index contributed by atoms with van der Waals surface area (Å²) >= 11 is 1.14. The summed E-state index contributed by atoms with van der Waals surface area (Å²) in [5.74, 6) is -0.172. The van der Waals surface area contributed by atoms with Crippen molar-refractivity contribution in [3.8, 4) is 5.69 Å². The van der Waals surface area contributed by atoms with Crippen molar-refractivity contribution in [3.63, 3.8) is 0 Å². The highest BCUT2D eigenvalue weighted by atomic mass is 32.2. The molecule has 10 nitrogen and oxygen atoms in total. The van der Waals surface area contributed by atoms with Crippen molar-refractivity contribution in [2.45, 2.75) is 17.3 Å². The van der Waals surface area contributed by atoms with E-state index in [0.29, 0.717) is 38.7 Å². The van der Waals surface area contributed by atoms with E-state index < -0.39 is 16.1 Å². The van der Waals surface area contributed by atoms with Gasteiger partial charge in [0.1, 0.15) is 10.9 Å². The molecule has 1 unspecified atom stereocenters. The van der Waals surface area contributed by atoms with E-state index in [1.807, 2.05) is 66.7 Å². The number of aromatic nitrogens is 4. The molecule has 1 N–H and O–H groups in total. The highest BCUT2D eigenvalue weighted by molar-refractivity contribution is 8.00. The van der Waals surface area contributed by atoms with Gasteiger partial charge in [0.15, 0.2) is 5.16 Å². The lowest BCUT2D eigenvalue weighted by Crippen LogP contribution is -2.22. The fraction of sp³-hybridized carbons (Fsp3) is 0.0667. The maximum absolute atomic E-state index is 13.8. The van der Waals surface area contributed by atoms with E-state index in [-0.39, 0.29) is 16.9 Å². The zero-order valence-corrected chi connectivity index (χ0v) is 22.5. The SMILES string of the molecule is Cc1ccc(NC(=O)C(Sc2nnc3n(-c4ccccc4)c(=O)c4ccccc4n23)c2ccccc2)c([N+](=O)[O-])c1. The van der Waals surface area contributed by atoms with Crippen molar-refractivity contribution in [3.05, 3.63) is 135 Å². The standard InChI is InChI=1S/C30H22N6O4S/c1-19-16-17-23(25(18-19)36(39)40)31-27(37)26(20-10-4-2-5-11-20)41-30-33-32-29-34(21-12-6-3-7-13-21)28(38)22-14-8-9-15-24(22)35(29)30/h2-18,26H,1H3,(H,31,37). The lowest BCUT2D eigenvalue weighted by molar-refractivity contribution is -0.384. The van der Waals surface area contributed by atoms with Crippen LogP contribution < -0.4 is 10.9 Å². The Morgan fingerprint density at radius 3 is 2.34 bits per heavy atom. The monoisotopic (exact) mass is 562 g/mol. The molecule has 1 amide bonds. The van der Waals surface area contributed by atoms with Gasteiger partial charge in [0.2, 0.25) is 11.7 Å². The first-order valence-corrected chi connectivity index (χ1v) is 13.5. The fourth-order valence-corrected chi connectivity index (χ4v) is 5.71. The number of fused-ring (bicyclic) bond motifs is 3. The third kappa shape index (κ3) is 4.83. The van der Waals surface area contributed by atoms with E-state index >= 15 is 0 Å². The summed E-state index contributed by atoms with van der Waals surface area (Å²) in [4.78, 5) is 38.5. The number of nitro groups is 1. The van der Waals surface area contributed by atoms with E-state index in [9.17, 15) is 19.7 Å².